The number of amides is 1. The number of nitrogens with two attached hydrogens (primary N) is 2. The van der Waals surface area contributed by atoms with Crippen molar-refractivity contribution in [1.82, 2.24) is 4.90 Å². The van der Waals surface area contributed by atoms with Gasteiger partial charge in [-0.2, -0.15) is 0 Å². The average Bonchev–Trinajstić information content (AvgIpc) is 2.79. The van der Waals surface area contributed by atoms with Crippen molar-refractivity contribution in [3.05, 3.63) is 0 Å². The van der Waals surface area contributed by atoms with Crippen LogP contribution in [0.2, 0.25) is 0 Å². The summed E-state index contributed by atoms with van der Waals surface area (Å²) in [5.74, 6) is -0.101. The van der Waals surface area contributed by atoms with Gasteiger partial charge < -0.3 is 21.1 Å². The van der Waals surface area contributed by atoms with E-state index in [-0.39, 0.29) is 17.4 Å². The topological polar surface area (TPSA) is 81.6 Å². The predicted molar refractivity (Wildman–Crippen MR) is 79.2 cm³/mol. The maximum Gasteiger partial charge on any atom is 0.237 e. The number of carbonyl (C=O) groups excluding carboxylic acids is 1. The zero-order chi connectivity index (χ0) is 14.8. The molecule has 2 rings (SSSR count). The highest BCUT2D eigenvalue weighted by molar-refractivity contribution is 5.85. The lowest BCUT2D eigenvalue weighted by molar-refractivity contribution is -0.124. The lowest BCUT2D eigenvalue weighted by Gasteiger charge is -2.40. The molecule has 0 aromatic carbocycles. The van der Waals surface area contributed by atoms with E-state index in [2.05, 4.69) is 11.8 Å². The number of ether oxygens (including phenoxy) is 1. The number of methoxy groups -OCH3 is 1. The van der Waals surface area contributed by atoms with E-state index in [1.165, 1.54) is 6.42 Å². The second-order valence-electron chi connectivity index (χ2n) is 6.82. The molecule has 0 spiro atoms. The SMILES string of the molecule is COC1(C)CCCN(CCC2CCCC2(N)C(N)=O)C1. The van der Waals surface area contributed by atoms with Gasteiger partial charge in [0.2, 0.25) is 5.91 Å². The Balaban J connectivity index is 1.87. The van der Waals surface area contributed by atoms with Gasteiger partial charge in [-0.05, 0) is 58.0 Å². The predicted octanol–water partition coefficient (Wildman–Crippen LogP) is 0.860. The van der Waals surface area contributed by atoms with E-state index < -0.39 is 5.54 Å². The first kappa shape index (κ1) is 15.7. The molecule has 20 heavy (non-hydrogen) atoms. The number of primary amides is 1. The number of piperidine rings is 1. The summed E-state index contributed by atoms with van der Waals surface area (Å²) in [5.41, 5.74) is 10.9. The number of nitrogens with zero attached hydrogens (tertiary/aromatic N) is 1. The summed E-state index contributed by atoms with van der Waals surface area (Å²) in [5, 5.41) is 0. The van der Waals surface area contributed by atoms with Gasteiger partial charge in [0, 0.05) is 13.7 Å². The quantitative estimate of drug-likeness (QED) is 0.784. The summed E-state index contributed by atoms with van der Waals surface area (Å²) in [4.78, 5) is 14.0. The molecule has 4 N–H and O–H groups in total. The third kappa shape index (κ3) is 3.15. The van der Waals surface area contributed by atoms with Gasteiger partial charge in [0.05, 0.1) is 11.1 Å². The number of hydrogen-bond donors (Lipinski definition) is 2. The molecule has 1 heterocycles. The van der Waals surface area contributed by atoms with Crippen LogP contribution >= 0.6 is 0 Å². The van der Waals surface area contributed by atoms with Crippen LogP contribution in [-0.4, -0.2) is 48.7 Å². The van der Waals surface area contributed by atoms with Crippen LogP contribution in [-0.2, 0) is 9.53 Å². The van der Waals surface area contributed by atoms with Gasteiger partial charge in [-0.1, -0.05) is 6.42 Å². The van der Waals surface area contributed by atoms with E-state index in [9.17, 15) is 4.79 Å². The van der Waals surface area contributed by atoms with Crippen LogP contribution in [0.1, 0.15) is 45.4 Å². The van der Waals surface area contributed by atoms with Crippen LogP contribution in [0.4, 0.5) is 0 Å². The summed E-state index contributed by atoms with van der Waals surface area (Å²) in [6, 6.07) is 0. The van der Waals surface area contributed by atoms with E-state index in [0.717, 1.165) is 51.7 Å². The lowest BCUT2D eigenvalue weighted by atomic mass is 9.84. The molecule has 3 unspecified atom stereocenters. The number of likely N-dealkylation sites (tertiary alicyclic amines) is 1. The van der Waals surface area contributed by atoms with Crippen molar-refractivity contribution in [2.45, 2.75) is 56.6 Å². The molecule has 1 saturated carbocycles. The summed E-state index contributed by atoms with van der Waals surface area (Å²) < 4.78 is 5.62. The molecule has 0 aromatic rings. The van der Waals surface area contributed by atoms with Crippen LogP contribution in [0, 0.1) is 5.92 Å². The van der Waals surface area contributed by atoms with Gasteiger partial charge in [0.1, 0.15) is 0 Å². The highest BCUT2D eigenvalue weighted by Gasteiger charge is 2.44. The van der Waals surface area contributed by atoms with E-state index in [1.807, 2.05) is 0 Å². The Labute approximate surface area is 122 Å². The molecule has 3 atom stereocenters. The van der Waals surface area contributed by atoms with Crippen LogP contribution in [0.5, 0.6) is 0 Å². The Bertz CT molecular complexity index is 363. The first-order valence-corrected chi connectivity index (χ1v) is 7.76. The second-order valence-corrected chi connectivity index (χ2v) is 6.82. The monoisotopic (exact) mass is 283 g/mol. The number of hydrogen-bond acceptors (Lipinski definition) is 4. The molecule has 116 valence electrons. The third-order valence-corrected chi connectivity index (χ3v) is 5.35. The lowest BCUT2D eigenvalue weighted by Crippen LogP contribution is -2.55. The minimum atomic E-state index is -0.777. The van der Waals surface area contributed by atoms with E-state index >= 15 is 0 Å². The molecular weight excluding hydrogens is 254 g/mol. The average molecular weight is 283 g/mol. The molecule has 1 aliphatic carbocycles. The van der Waals surface area contributed by atoms with Crippen molar-refractivity contribution < 1.29 is 9.53 Å². The molecule has 2 aliphatic rings. The minimum Gasteiger partial charge on any atom is -0.377 e. The normalized spacial score (nSPS) is 39.0. The van der Waals surface area contributed by atoms with Crippen molar-refractivity contribution in [3.8, 4) is 0 Å². The van der Waals surface area contributed by atoms with Gasteiger partial charge in [0.15, 0.2) is 0 Å². The summed E-state index contributed by atoms with van der Waals surface area (Å²) >= 11 is 0. The second kappa shape index (κ2) is 6.00. The zero-order valence-electron chi connectivity index (χ0n) is 12.9. The number of rotatable bonds is 5. The first-order chi connectivity index (χ1) is 9.39. The number of carbonyl (C=O) groups is 1. The highest BCUT2D eigenvalue weighted by Crippen LogP contribution is 2.36. The molecule has 2 fully saturated rings. The molecule has 1 amide bonds. The maximum atomic E-state index is 11.6. The van der Waals surface area contributed by atoms with Gasteiger partial charge in [0.25, 0.3) is 0 Å². The summed E-state index contributed by atoms with van der Waals surface area (Å²) in [7, 11) is 1.79. The molecule has 0 radical (unpaired) electrons. The van der Waals surface area contributed by atoms with Crippen LogP contribution in [0.15, 0.2) is 0 Å². The minimum absolute atomic E-state index is 0.0303. The third-order valence-electron chi connectivity index (χ3n) is 5.35. The van der Waals surface area contributed by atoms with Gasteiger partial charge in [-0.3, -0.25) is 4.79 Å². The fraction of sp³-hybridized carbons (Fsp3) is 0.933. The Morgan fingerprint density at radius 3 is 2.80 bits per heavy atom. The van der Waals surface area contributed by atoms with Gasteiger partial charge in [-0.25, -0.2) is 0 Å². The Hall–Kier alpha value is -0.650. The molecule has 0 bridgehead atoms. The largest absolute Gasteiger partial charge is 0.377 e. The Morgan fingerprint density at radius 1 is 1.40 bits per heavy atom. The first-order valence-electron chi connectivity index (χ1n) is 7.76. The van der Waals surface area contributed by atoms with Gasteiger partial charge >= 0.3 is 0 Å². The van der Waals surface area contributed by atoms with Crippen molar-refractivity contribution in [2.24, 2.45) is 17.4 Å². The molecular formula is C15H29N3O2. The van der Waals surface area contributed by atoms with Crippen molar-refractivity contribution in [3.63, 3.8) is 0 Å². The van der Waals surface area contributed by atoms with Crippen LogP contribution in [0.3, 0.4) is 0 Å². The standard InChI is InChI=1S/C15H29N3O2/c1-14(20-2)7-4-9-18(11-14)10-6-12-5-3-8-15(12,17)13(16)19/h12H,3-11,17H2,1-2H3,(H2,16,19). The van der Waals surface area contributed by atoms with Crippen LogP contribution in [0.25, 0.3) is 0 Å². The van der Waals surface area contributed by atoms with Crippen molar-refractivity contribution in [2.75, 3.05) is 26.7 Å². The van der Waals surface area contributed by atoms with E-state index in [0.29, 0.717) is 0 Å². The van der Waals surface area contributed by atoms with Crippen molar-refractivity contribution in [1.29, 1.82) is 0 Å². The van der Waals surface area contributed by atoms with Crippen molar-refractivity contribution >= 4 is 5.91 Å². The van der Waals surface area contributed by atoms with E-state index in [4.69, 9.17) is 16.2 Å². The fourth-order valence-electron chi connectivity index (χ4n) is 3.83. The molecule has 0 aromatic heterocycles. The molecule has 1 aliphatic heterocycles. The molecule has 5 nitrogen and oxygen atoms in total. The Morgan fingerprint density at radius 2 is 2.15 bits per heavy atom. The Kier molecular flexibility index (Phi) is 4.72. The molecule has 1 saturated heterocycles. The fourth-order valence-corrected chi connectivity index (χ4v) is 3.83. The van der Waals surface area contributed by atoms with E-state index in [1.54, 1.807) is 7.11 Å². The van der Waals surface area contributed by atoms with Gasteiger partial charge in [-0.15, -0.1) is 0 Å². The summed E-state index contributed by atoms with van der Waals surface area (Å²) in [6.45, 7) is 5.23. The zero-order valence-corrected chi connectivity index (χ0v) is 12.9. The highest BCUT2D eigenvalue weighted by atomic mass is 16.5. The smallest absolute Gasteiger partial charge is 0.237 e. The molecule has 5 heteroatoms. The van der Waals surface area contributed by atoms with Crippen LogP contribution < -0.4 is 11.5 Å². The summed E-state index contributed by atoms with van der Waals surface area (Å²) in [6.07, 6.45) is 6.01. The maximum absolute atomic E-state index is 11.6.